The topological polar surface area (TPSA) is 71.3 Å². The highest BCUT2D eigenvalue weighted by atomic mass is 15.2. The van der Waals surface area contributed by atoms with Crippen molar-refractivity contribution in [2.24, 2.45) is 0 Å². The van der Waals surface area contributed by atoms with Gasteiger partial charge in [-0.05, 0) is 193 Å². The molecule has 6 heterocycles. The summed E-state index contributed by atoms with van der Waals surface area (Å²) < 4.78 is 9.16. The van der Waals surface area contributed by atoms with Crippen molar-refractivity contribution in [3.63, 3.8) is 0 Å². The number of hydrogen-bond acceptors (Lipinski definition) is 4. The molecule has 0 fully saturated rings. The maximum Gasteiger partial charge on any atom is 0.235 e. The lowest BCUT2D eigenvalue weighted by atomic mass is 9.94. The van der Waals surface area contributed by atoms with Gasteiger partial charge >= 0.3 is 0 Å². The molecule has 17 aromatic carbocycles. The van der Waals surface area contributed by atoms with Crippen LogP contribution in [0, 0.1) is 0 Å². The Morgan fingerprint density at radius 2 is 0.441 bits per heavy atom. The second-order valence-electron chi connectivity index (χ2n) is 30.1. The molecule has 0 spiro atoms. The zero-order chi connectivity index (χ0) is 78.0. The molecule has 23 aromatic rings. The fraction of sp³-hybridized carbons (Fsp3) is 0. The Hall–Kier alpha value is -15.9. The summed E-state index contributed by atoms with van der Waals surface area (Å²) in [7, 11) is 0. The molecular weight excluding hydrogens is 1430 g/mol. The highest BCUT2D eigenvalue weighted by molar-refractivity contribution is 6.15. The molecule has 8 nitrogen and oxygen atoms in total. The number of hydrogen-bond donors (Lipinski definition) is 0. The molecule has 0 bridgehead atoms. The molecule has 0 aliphatic rings. The molecule has 0 saturated carbocycles. The van der Waals surface area contributed by atoms with E-state index in [0.29, 0.717) is 11.9 Å². The van der Waals surface area contributed by atoms with Crippen molar-refractivity contribution in [3.05, 3.63) is 437 Å². The van der Waals surface area contributed by atoms with Crippen molar-refractivity contribution in [3.8, 4) is 124 Å². The molecule has 0 aliphatic heterocycles. The number of aromatic nitrogens is 8. The molecule has 8 heteroatoms. The van der Waals surface area contributed by atoms with Crippen LogP contribution >= 0.6 is 0 Å². The first-order valence-electron chi connectivity index (χ1n) is 40.1. The van der Waals surface area contributed by atoms with Crippen molar-refractivity contribution in [1.29, 1.82) is 0 Å². The first kappa shape index (κ1) is 68.9. The van der Waals surface area contributed by atoms with E-state index in [-0.39, 0.29) is 0 Å². The smallest absolute Gasteiger partial charge is 0.235 e. The van der Waals surface area contributed by atoms with Gasteiger partial charge in [0.2, 0.25) is 11.9 Å². The lowest BCUT2D eigenvalue weighted by Gasteiger charge is -2.13. The molecule has 0 amide bonds. The SMILES string of the molecule is c1ccc(-c2ccc(-c3cc(-c4ccccc4)cc(-c4ccnc(-n5c6ccccc6c6cc(-c7ccc8c9ccccc9n(-c9ccccc9)c8c7)ccc65)n4)c3)cc2)cc1.c1ccc(-c2ccc(-c3ccccc3-c3ccnc(-n4c5ccccc5c5cc(-c6ccc7c8ccccc8n(-c8ccccc8)c7c6)ccc54)n3)cc2)cc1. The fourth-order valence-electron chi connectivity index (χ4n) is 17.6. The number of benzene rings is 17. The van der Waals surface area contributed by atoms with Crippen molar-refractivity contribution in [2.75, 3.05) is 0 Å². The van der Waals surface area contributed by atoms with E-state index >= 15 is 0 Å². The van der Waals surface area contributed by atoms with Gasteiger partial charge in [0.15, 0.2) is 0 Å². The number of nitrogens with zero attached hydrogens (tertiary/aromatic N) is 8. The van der Waals surface area contributed by atoms with E-state index in [4.69, 9.17) is 19.9 Å². The van der Waals surface area contributed by atoms with Crippen LogP contribution in [0.1, 0.15) is 0 Å². The van der Waals surface area contributed by atoms with Crippen molar-refractivity contribution in [2.45, 2.75) is 0 Å². The van der Waals surface area contributed by atoms with Gasteiger partial charge in [0.25, 0.3) is 0 Å². The highest BCUT2D eigenvalue weighted by Gasteiger charge is 2.22. The van der Waals surface area contributed by atoms with Crippen LogP contribution in [0.4, 0.5) is 0 Å². The minimum Gasteiger partial charge on any atom is -0.309 e. The van der Waals surface area contributed by atoms with Gasteiger partial charge in [0, 0.05) is 78.0 Å². The summed E-state index contributed by atoms with van der Waals surface area (Å²) in [5.41, 5.74) is 31.5. The molecule has 0 saturated heterocycles. The summed E-state index contributed by atoms with van der Waals surface area (Å²) in [6.45, 7) is 0. The molecular formula is C110H72N8. The third-order valence-electron chi connectivity index (χ3n) is 23.2. The van der Waals surface area contributed by atoms with Gasteiger partial charge < -0.3 is 9.13 Å². The van der Waals surface area contributed by atoms with Gasteiger partial charge in [-0.1, -0.05) is 309 Å². The Balaban J connectivity index is 0.000000143. The second-order valence-corrected chi connectivity index (χ2v) is 30.1. The van der Waals surface area contributed by atoms with Gasteiger partial charge in [-0.25, -0.2) is 19.9 Å². The van der Waals surface area contributed by atoms with Crippen LogP contribution < -0.4 is 0 Å². The first-order valence-corrected chi connectivity index (χ1v) is 40.1. The van der Waals surface area contributed by atoms with Crippen LogP contribution in [0.25, 0.3) is 211 Å². The molecule has 0 aliphatic carbocycles. The third-order valence-corrected chi connectivity index (χ3v) is 23.2. The maximum atomic E-state index is 5.33. The lowest BCUT2D eigenvalue weighted by molar-refractivity contribution is 0.992. The molecule has 552 valence electrons. The Labute approximate surface area is 681 Å². The zero-order valence-electron chi connectivity index (χ0n) is 64.1. The summed E-state index contributed by atoms with van der Waals surface area (Å²) in [6, 6.07) is 152. The minimum atomic E-state index is 0.633. The van der Waals surface area contributed by atoms with E-state index in [2.05, 4.69) is 431 Å². The monoisotopic (exact) mass is 1500 g/mol. The zero-order valence-corrected chi connectivity index (χ0v) is 64.1. The summed E-state index contributed by atoms with van der Waals surface area (Å²) in [5.74, 6) is 1.28. The van der Waals surface area contributed by atoms with E-state index in [1.807, 2.05) is 24.5 Å². The van der Waals surface area contributed by atoms with Crippen molar-refractivity contribution >= 4 is 87.2 Å². The second kappa shape index (κ2) is 29.3. The standard InChI is InChI=1S/C58H38N4.C52H34N4/c1-4-14-39(15-5-1)41-24-26-42(27-25-41)46-34-45(40-16-6-2-7-17-40)35-47(36-46)53-32-33-59-58(60-53)62-55-23-13-11-21-50(55)52-37-43(29-31-56(52)62)44-28-30-51-49-20-10-12-22-54(49)61(57(51)38-44)48-18-8-3-9-19-48;1-3-13-35(14-4-1)36-23-25-37(26-24-36)41-17-7-8-18-42(41)47-31-32-53-52(54-47)56-49-22-12-10-20-44(49)46-33-38(28-30-50(46)56)39-27-29-45-43-19-9-11-21-48(43)55(51(45)34-39)40-15-5-2-6-16-40/h1-38H;1-34H. The molecule has 6 aromatic heterocycles. The molecule has 0 radical (unpaired) electrons. The summed E-state index contributed by atoms with van der Waals surface area (Å²) in [5, 5.41) is 9.63. The average molecular weight is 1510 g/mol. The van der Waals surface area contributed by atoms with Gasteiger partial charge in [-0.3, -0.25) is 9.13 Å². The normalized spacial score (nSPS) is 11.6. The molecule has 0 unspecified atom stereocenters. The van der Waals surface area contributed by atoms with Crippen LogP contribution in [0.15, 0.2) is 437 Å². The molecule has 118 heavy (non-hydrogen) atoms. The van der Waals surface area contributed by atoms with E-state index in [1.54, 1.807) is 0 Å². The van der Waals surface area contributed by atoms with Gasteiger partial charge in [0.1, 0.15) is 0 Å². The molecule has 0 N–H and O–H groups in total. The number of para-hydroxylation sites is 6. The van der Waals surface area contributed by atoms with Gasteiger partial charge in [0.05, 0.1) is 55.5 Å². The Morgan fingerprint density at radius 1 is 0.153 bits per heavy atom. The van der Waals surface area contributed by atoms with Crippen LogP contribution in [0.2, 0.25) is 0 Å². The van der Waals surface area contributed by atoms with E-state index in [0.717, 1.165) is 122 Å². The predicted octanol–water partition coefficient (Wildman–Crippen LogP) is 28.3. The van der Waals surface area contributed by atoms with Crippen molar-refractivity contribution < 1.29 is 0 Å². The van der Waals surface area contributed by atoms with Gasteiger partial charge in [-0.2, -0.15) is 0 Å². The Morgan fingerprint density at radius 3 is 0.890 bits per heavy atom. The van der Waals surface area contributed by atoms with Gasteiger partial charge in [-0.15, -0.1) is 0 Å². The minimum absolute atomic E-state index is 0.633. The first-order chi connectivity index (χ1) is 58.5. The van der Waals surface area contributed by atoms with Crippen LogP contribution in [0.5, 0.6) is 0 Å². The Bertz CT molecular complexity index is 7760. The summed E-state index contributed by atoms with van der Waals surface area (Å²) in [6.07, 6.45) is 3.76. The predicted molar refractivity (Wildman–Crippen MR) is 490 cm³/mol. The quantitative estimate of drug-likeness (QED) is 0.115. The largest absolute Gasteiger partial charge is 0.309 e. The lowest BCUT2D eigenvalue weighted by Crippen LogP contribution is -2.02. The van der Waals surface area contributed by atoms with Crippen molar-refractivity contribution in [1.82, 2.24) is 38.2 Å². The third kappa shape index (κ3) is 12.3. The maximum absolute atomic E-state index is 5.33. The molecule has 0 atom stereocenters. The van der Waals surface area contributed by atoms with E-state index in [9.17, 15) is 0 Å². The van der Waals surface area contributed by atoms with Crippen LogP contribution in [0.3, 0.4) is 0 Å². The van der Waals surface area contributed by atoms with E-state index < -0.39 is 0 Å². The summed E-state index contributed by atoms with van der Waals surface area (Å²) in [4.78, 5) is 20.4. The highest BCUT2D eigenvalue weighted by Crippen LogP contribution is 2.43. The fourth-order valence-corrected chi connectivity index (χ4v) is 17.6. The number of fused-ring (bicyclic) bond motifs is 12. The van der Waals surface area contributed by atoms with Crippen LogP contribution in [-0.2, 0) is 0 Å². The number of rotatable bonds is 13. The Kier molecular flexibility index (Phi) is 17.1. The van der Waals surface area contributed by atoms with E-state index in [1.165, 1.54) is 77.0 Å². The van der Waals surface area contributed by atoms with Crippen LogP contribution in [-0.4, -0.2) is 38.2 Å². The summed E-state index contributed by atoms with van der Waals surface area (Å²) >= 11 is 0. The molecule has 23 rings (SSSR count). The average Bonchev–Trinajstić information content (AvgIpc) is 1.61.